The molecule has 0 heterocycles. The summed E-state index contributed by atoms with van der Waals surface area (Å²) < 4.78 is 0.977. The van der Waals surface area contributed by atoms with Crippen LogP contribution < -0.4 is 0 Å². The van der Waals surface area contributed by atoms with Crippen molar-refractivity contribution in [3.63, 3.8) is 0 Å². The Morgan fingerprint density at radius 2 is 2.31 bits per heavy atom. The van der Waals surface area contributed by atoms with Crippen LogP contribution in [0.25, 0.3) is 6.08 Å². The van der Waals surface area contributed by atoms with Crippen LogP contribution in [0.5, 0.6) is 0 Å². The van der Waals surface area contributed by atoms with E-state index in [1.807, 2.05) is 31.2 Å². The molecule has 0 fully saturated rings. The second-order valence-corrected chi connectivity index (χ2v) is 4.11. The Labute approximate surface area is 91.2 Å². The van der Waals surface area contributed by atoms with Crippen molar-refractivity contribution in [3.05, 3.63) is 38.8 Å². The Morgan fingerprint density at radius 3 is 2.92 bits per heavy atom. The van der Waals surface area contributed by atoms with Gasteiger partial charge in [0.1, 0.15) is 0 Å². The van der Waals surface area contributed by atoms with Gasteiger partial charge in [-0.15, -0.1) is 0 Å². The molecule has 70 valence electrons. The van der Waals surface area contributed by atoms with E-state index in [2.05, 4.69) is 15.9 Å². The summed E-state index contributed by atoms with van der Waals surface area (Å²) in [6.07, 6.45) is 1.90. The van der Waals surface area contributed by atoms with Gasteiger partial charge < -0.3 is 5.11 Å². The lowest BCUT2D eigenvalue weighted by Crippen LogP contribution is -1.84. The van der Waals surface area contributed by atoms with Crippen LogP contribution in [0.3, 0.4) is 0 Å². The van der Waals surface area contributed by atoms with Crippen LogP contribution in [0.15, 0.2) is 28.2 Å². The highest BCUT2D eigenvalue weighted by Crippen LogP contribution is 2.23. The summed E-state index contributed by atoms with van der Waals surface area (Å²) in [7, 11) is 0. The Morgan fingerprint density at radius 1 is 1.62 bits per heavy atom. The molecule has 1 nitrogen and oxygen atoms in total. The van der Waals surface area contributed by atoms with Gasteiger partial charge in [-0.3, -0.25) is 0 Å². The van der Waals surface area contributed by atoms with Crippen molar-refractivity contribution >= 4 is 33.6 Å². The summed E-state index contributed by atoms with van der Waals surface area (Å²) in [5.41, 5.74) is 1.89. The number of halogens is 2. The van der Waals surface area contributed by atoms with Crippen molar-refractivity contribution in [2.75, 3.05) is 6.61 Å². The molecule has 0 bridgehead atoms. The third-order valence-corrected chi connectivity index (χ3v) is 2.57. The van der Waals surface area contributed by atoms with Gasteiger partial charge in [-0.2, -0.15) is 0 Å². The summed E-state index contributed by atoms with van der Waals surface area (Å²) in [4.78, 5) is 0. The molecule has 1 aromatic carbocycles. The molecule has 0 spiro atoms. The standard InChI is InChI=1S/C10H10BrClO/c1-7(6-13)4-8-5-9(12)2-3-10(8)11/h2-5,13H,6H2,1H3. The van der Waals surface area contributed by atoms with Crippen LogP contribution >= 0.6 is 27.5 Å². The Kier molecular flexibility index (Phi) is 3.97. The molecule has 13 heavy (non-hydrogen) atoms. The van der Waals surface area contributed by atoms with Crippen molar-refractivity contribution in [3.8, 4) is 0 Å². The minimum Gasteiger partial charge on any atom is -0.392 e. The van der Waals surface area contributed by atoms with Crippen LogP contribution in [-0.2, 0) is 0 Å². The van der Waals surface area contributed by atoms with Gasteiger partial charge in [-0.1, -0.05) is 33.6 Å². The number of hydrogen-bond acceptors (Lipinski definition) is 1. The number of rotatable bonds is 2. The molecule has 1 aromatic rings. The minimum absolute atomic E-state index is 0.0684. The van der Waals surface area contributed by atoms with E-state index in [4.69, 9.17) is 16.7 Å². The molecular weight excluding hydrogens is 251 g/mol. The fourth-order valence-electron chi connectivity index (χ4n) is 0.936. The summed E-state index contributed by atoms with van der Waals surface area (Å²) in [5.74, 6) is 0. The number of aliphatic hydroxyl groups excluding tert-OH is 1. The van der Waals surface area contributed by atoms with Crippen molar-refractivity contribution in [1.82, 2.24) is 0 Å². The fraction of sp³-hybridized carbons (Fsp3) is 0.200. The molecule has 0 unspecified atom stereocenters. The molecule has 1 rings (SSSR count). The first-order chi connectivity index (χ1) is 6.13. The average Bonchev–Trinajstić information content (AvgIpc) is 2.11. The molecule has 0 aliphatic carbocycles. The van der Waals surface area contributed by atoms with Gasteiger partial charge >= 0.3 is 0 Å². The molecule has 0 aliphatic heterocycles. The maximum Gasteiger partial charge on any atom is 0.0642 e. The summed E-state index contributed by atoms with van der Waals surface area (Å²) in [5, 5.41) is 9.53. The molecule has 0 aromatic heterocycles. The lowest BCUT2D eigenvalue weighted by molar-refractivity contribution is 0.332. The molecule has 0 atom stereocenters. The second kappa shape index (κ2) is 4.80. The van der Waals surface area contributed by atoms with Gasteiger partial charge in [-0.25, -0.2) is 0 Å². The van der Waals surface area contributed by atoms with Gasteiger partial charge in [0.25, 0.3) is 0 Å². The zero-order valence-electron chi connectivity index (χ0n) is 7.22. The van der Waals surface area contributed by atoms with Crippen LogP contribution in [0.1, 0.15) is 12.5 Å². The van der Waals surface area contributed by atoms with E-state index < -0.39 is 0 Å². The lowest BCUT2D eigenvalue weighted by atomic mass is 10.1. The molecule has 0 saturated carbocycles. The highest BCUT2D eigenvalue weighted by Gasteiger charge is 1.97. The predicted octanol–water partition coefficient (Wildman–Crippen LogP) is 3.50. The maximum atomic E-state index is 8.84. The molecule has 0 aliphatic rings. The Balaban J connectivity index is 3.07. The van der Waals surface area contributed by atoms with Crippen LogP contribution in [0, 0.1) is 0 Å². The highest BCUT2D eigenvalue weighted by molar-refractivity contribution is 9.10. The third kappa shape index (κ3) is 3.14. The van der Waals surface area contributed by atoms with Gasteiger partial charge in [0.2, 0.25) is 0 Å². The first kappa shape index (κ1) is 10.8. The lowest BCUT2D eigenvalue weighted by Gasteiger charge is -2.01. The quantitative estimate of drug-likeness (QED) is 0.864. The molecule has 0 amide bonds. The largest absolute Gasteiger partial charge is 0.392 e. The molecule has 0 radical (unpaired) electrons. The summed E-state index contributed by atoms with van der Waals surface area (Å²) >= 11 is 9.23. The van der Waals surface area contributed by atoms with E-state index >= 15 is 0 Å². The van der Waals surface area contributed by atoms with Crippen molar-refractivity contribution in [2.45, 2.75) is 6.92 Å². The number of hydrogen-bond donors (Lipinski definition) is 1. The van der Waals surface area contributed by atoms with Crippen molar-refractivity contribution in [2.24, 2.45) is 0 Å². The van der Waals surface area contributed by atoms with E-state index in [0.29, 0.717) is 5.02 Å². The summed E-state index contributed by atoms with van der Waals surface area (Å²) in [6, 6.07) is 5.56. The highest BCUT2D eigenvalue weighted by atomic mass is 79.9. The fourth-order valence-corrected chi connectivity index (χ4v) is 1.48. The average molecular weight is 262 g/mol. The smallest absolute Gasteiger partial charge is 0.0642 e. The van der Waals surface area contributed by atoms with Crippen LogP contribution in [0.4, 0.5) is 0 Å². The number of aliphatic hydroxyl groups is 1. The maximum absolute atomic E-state index is 8.84. The first-order valence-electron chi connectivity index (χ1n) is 3.86. The van der Waals surface area contributed by atoms with Crippen molar-refractivity contribution in [1.29, 1.82) is 0 Å². The molecule has 1 N–H and O–H groups in total. The third-order valence-electron chi connectivity index (χ3n) is 1.61. The van der Waals surface area contributed by atoms with Crippen molar-refractivity contribution < 1.29 is 5.11 Å². The van der Waals surface area contributed by atoms with E-state index in [1.165, 1.54) is 0 Å². The molecule has 0 saturated heterocycles. The topological polar surface area (TPSA) is 20.2 Å². The first-order valence-corrected chi connectivity index (χ1v) is 5.03. The number of benzene rings is 1. The molecular formula is C10H10BrClO. The molecule has 3 heteroatoms. The van der Waals surface area contributed by atoms with E-state index in [-0.39, 0.29) is 6.61 Å². The summed E-state index contributed by atoms with van der Waals surface area (Å²) in [6.45, 7) is 1.94. The monoisotopic (exact) mass is 260 g/mol. The normalized spacial score (nSPS) is 11.8. The van der Waals surface area contributed by atoms with Gasteiger partial charge in [-0.05, 0) is 36.3 Å². The SMILES string of the molecule is CC(=Cc1cc(Cl)ccc1Br)CO. The zero-order chi connectivity index (χ0) is 9.84. The zero-order valence-corrected chi connectivity index (χ0v) is 9.56. The van der Waals surface area contributed by atoms with E-state index in [1.54, 1.807) is 0 Å². The predicted molar refractivity (Wildman–Crippen MR) is 59.9 cm³/mol. The minimum atomic E-state index is 0.0684. The Hall–Kier alpha value is -0.310. The van der Waals surface area contributed by atoms with Gasteiger partial charge in [0.05, 0.1) is 6.61 Å². The van der Waals surface area contributed by atoms with Gasteiger partial charge in [0, 0.05) is 9.50 Å². The van der Waals surface area contributed by atoms with Crippen LogP contribution in [-0.4, -0.2) is 11.7 Å². The van der Waals surface area contributed by atoms with Gasteiger partial charge in [0.15, 0.2) is 0 Å². The van der Waals surface area contributed by atoms with E-state index in [0.717, 1.165) is 15.6 Å². The second-order valence-electron chi connectivity index (χ2n) is 2.81. The van der Waals surface area contributed by atoms with E-state index in [9.17, 15) is 0 Å². The Bertz CT molecular complexity index is 334. The van der Waals surface area contributed by atoms with Crippen LogP contribution in [0.2, 0.25) is 5.02 Å².